The van der Waals surface area contributed by atoms with Crippen LogP contribution in [0.1, 0.15) is 45.7 Å². The second kappa shape index (κ2) is 7.72. The summed E-state index contributed by atoms with van der Waals surface area (Å²) in [7, 11) is -2.04. The van der Waals surface area contributed by atoms with E-state index in [2.05, 4.69) is 20.8 Å². The Morgan fingerprint density at radius 2 is 1.46 bits per heavy atom. The van der Waals surface area contributed by atoms with Crippen molar-refractivity contribution in [2.75, 3.05) is 0 Å². The van der Waals surface area contributed by atoms with Gasteiger partial charge in [0.2, 0.25) is 0 Å². The van der Waals surface area contributed by atoms with Crippen LogP contribution in [0, 0.1) is 5.41 Å². The van der Waals surface area contributed by atoms with E-state index < -0.39 is 25.5 Å². The van der Waals surface area contributed by atoms with Gasteiger partial charge >= 0.3 is 6.18 Å². The molecule has 2 nitrogen and oxygen atoms in total. The first-order valence-corrected chi connectivity index (χ1v) is 10.9. The van der Waals surface area contributed by atoms with Crippen molar-refractivity contribution in [3.63, 3.8) is 0 Å². The first-order valence-electron chi connectivity index (χ1n) is 8.39. The smallest absolute Gasteiger partial charge is 0.416 e. The zero-order valence-corrected chi connectivity index (χ0v) is 16.1. The summed E-state index contributed by atoms with van der Waals surface area (Å²) in [5.41, 5.74) is -0.750. The quantitative estimate of drug-likeness (QED) is 0.573. The second-order valence-electron chi connectivity index (χ2n) is 6.89. The van der Waals surface area contributed by atoms with Crippen LogP contribution in [0.4, 0.5) is 13.2 Å². The number of benzene rings is 1. The zero-order chi connectivity index (χ0) is 18.6. The molecule has 0 aliphatic carbocycles. The molecule has 0 aromatic heterocycles. The number of alkyl halides is 3. The van der Waals surface area contributed by atoms with Crippen molar-refractivity contribution in [3.05, 3.63) is 35.4 Å². The normalized spacial score (nSPS) is 13.0. The predicted octanol–water partition coefficient (Wildman–Crippen LogP) is 5.82. The number of hydrogen-bond acceptors (Lipinski definition) is 2. The molecule has 24 heavy (non-hydrogen) atoms. The summed E-state index contributed by atoms with van der Waals surface area (Å²) in [6.45, 7) is 9.72. The lowest BCUT2D eigenvalue weighted by molar-refractivity contribution is -0.145. The Kier molecular flexibility index (Phi) is 6.67. The molecular formula is C18H27F3O2Si. The molecule has 136 valence electrons. The molecule has 0 fully saturated rings. The summed E-state index contributed by atoms with van der Waals surface area (Å²) in [5, 5.41) is 0. The highest BCUT2D eigenvalue weighted by Gasteiger charge is 2.38. The summed E-state index contributed by atoms with van der Waals surface area (Å²) in [4.78, 5) is 12.6. The number of halogens is 3. The van der Waals surface area contributed by atoms with Gasteiger partial charge in [-0.2, -0.15) is 13.2 Å². The Morgan fingerprint density at radius 3 is 1.83 bits per heavy atom. The maximum absolute atomic E-state index is 12.6. The van der Waals surface area contributed by atoms with E-state index >= 15 is 0 Å². The van der Waals surface area contributed by atoms with E-state index in [1.54, 1.807) is 13.8 Å². The Hall–Kier alpha value is -1.30. The monoisotopic (exact) mass is 360 g/mol. The second-order valence-corrected chi connectivity index (χ2v) is 11.6. The van der Waals surface area contributed by atoms with Crippen molar-refractivity contribution in [1.82, 2.24) is 0 Å². The molecule has 0 spiro atoms. The molecule has 1 rings (SSSR count). The Morgan fingerprint density at radius 1 is 1.00 bits per heavy atom. The fraction of sp³-hybridized carbons (Fsp3) is 0.611. The molecule has 6 heteroatoms. The van der Waals surface area contributed by atoms with E-state index in [4.69, 9.17) is 4.43 Å². The molecule has 0 aliphatic heterocycles. The first-order chi connectivity index (χ1) is 11.0. The fourth-order valence-corrected chi connectivity index (χ4v) is 5.30. The SMILES string of the molecule is CC[Si](CC)(CC)OC(=O)C(C)(C)Cc1ccc(C(F)(F)F)cc1. The zero-order valence-electron chi connectivity index (χ0n) is 15.1. The van der Waals surface area contributed by atoms with Gasteiger partial charge < -0.3 is 4.43 Å². The van der Waals surface area contributed by atoms with Crippen LogP contribution in [0.3, 0.4) is 0 Å². The number of carbonyl (C=O) groups excluding carboxylic acids is 1. The molecule has 0 heterocycles. The lowest BCUT2D eigenvalue weighted by Gasteiger charge is -2.33. The van der Waals surface area contributed by atoms with E-state index in [-0.39, 0.29) is 5.97 Å². The highest BCUT2D eigenvalue weighted by molar-refractivity contribution is 6.75. The van der Waals surface area contributed by atoms with Crippen LogP contribution in [0.25, 0.3) is 0 Å². The average Bonchev–Trinajstić information content (AvgIpc) is 2.52. The van der Waals surface area contributed by atoms with Crippen LogP contribution in [-0.4, -0.2) is 14.3 Å². The Balaban J connectivity index is 2.87. The molecule has 0 N–H and O–H groups in total. The van der Waals surface area contributed by atoms with E-state index in [0.717, 1.165) is 30.3 Å². The van der Waals surface area contributed by atoms with Crippen molar-refractivity contribution in [1.29, 1.82) is 0 Å². The van der Waals surface area contributed by atoms with Crippen LogP contribution in [0.15, 0.2) is 24.3 Å². The molecule has 0 saturated carbocycles. The van der Waals surface area contributed by atoms with Crippen molar-refractivity contribution < 1.29 is 22.4 Å². The summed E-state index contributed by atoms with van der Waals surface area (Å²) < 4.78 is 43.8. The maximum atomic E-state index is 12.6. The molecule has 0 atom stereocenters. The summed E-state index contributed by atoms with van der Waals surface area (Å²) in [6, 6.07) is 7.61. The number of carbonyl (C=O) groups is 1. The highest BCUT2D eigenvalue weighted by Crippen LogP contribution is 2.32. The van der Waals surface area contributed by atoms with Crippen LogP contribution < -0.4 is 0 Å². The van der Waals surface area contributed by atoms with E-state index in [1.807, 2.05) is 0 Å². The third-order valence-electron chi connectivity index (χ3n) is 4.72. The van der Waals surface area contributed by atoms with Gasteiger partial charge in [0.05, 0.1) is 11.0 Å². The van der Waals surface area contributed by atoms with Gasteiger partial charge in [0, 0.05) is 0 Å². The van der Waals surface area contributed by atoms with Gasteiger partial charge in [-0.3, -0.25) is 4.79 Å². The molecule has 1 aromatic carbocycles. The topological polar surface area (TPSA) is 26.3 Å². The molecule has 1 aromatic rings. The van der Waals surface area contributed by atoms with Gasteiger partial charge in [-0.05, 0) is 56.1 Å². The van der Waals surface area contributed by atoms with Gasteiger partial charge in [-0.25, -0.2) is 0 Å². The van der Waals surface area contributed by atoms with Gasteiger partial charge in [0.15, 0.2) is 0 Å². The molecule has 0 amide bonds. The molecule has 0 bridgehead atoms. The van der Waals surface area contributed by atoms with E-state index in [0.29, 0.717) is 12.0 Å². The average molecular weight is 360 g/mol. The van der Waals surface area contributed by atoms with Crippen LogP contribution in [0.5, 0.6) is 0 Å². The molecular weight excluding hydrogens is 333 g/mol. The largest absolute Gasteiger partial charge is 0.519 e. The first kappa shape index (κ1) is 20.7. The van der Waals surface area contributed by atoms with Crippen LogP contribution in [0.2, 0.25) is 18.1 Å². The fourth-order valence-electron chi connectivity index (χ4n) is 2.70. The van der Waals surface area contributed by atoms with Gasteiger partial charge in [0.1, 0.15) is 0 Å². The lowest BCUT2D eigenvalue weighted by atomic mass is 9.86. The molecule has 0 radical (unpaired) electrons. The predicted molar refractivity (Wildman–Crippen MR) is 92.2 cm³/mol. The summed E-state index contributed by atoms with van der Waals surface area (Å²) in [5.74, 6) is -0.250. The van der Waals surface area contributed by atoms with Crippen molar-refractivity contribution >= 4 is 14.3 Å². The van der Waals surface area contributed by atoms with Crippen molar-refractivity contribution in [2.45, 2.75) is 65.3 Å². The van der Waals surface area contributed by atoms with E-state index in [1.165, 1.54) is 12.1 Å². The minimum Gasteiger partial charge on any atom is -0.519 e. The molecule has 0 unspecified atom stereocenters. The summed E-state index contributed by atoms with van der Waals surface area (Å²) in [6.07, 6.45) is -3.99. The Labute approximate surface area is 143 Å². The third-order valence-corrected chi connectivity index (χ3v) is 9.21. The number of rotatable bonds is 7. The van der Waals surface area contributed by atoms with E-state index in [9.17, 15) is 18.0 Å². The minimum atomic E-state index is -4.35. The van der Waals surface area contributed by atoms with Crippen LogP contribution >= 0.6 is 0 Å². The molecule has 0 saturated heterocycles. The van der Waals surface area contributed by atoms with Gasteiger partial charge in [-0.15, -0.1) is 0 Å². The number of hydrogen-bond donors (Lipinski definition) is 0. The lowest BCUT2D eigenvalue weighted by Crippen LogP contribution is -2.43. The van der Waals surface area contributed by atoms with Crippen molar-refractivity contribution in [2.24, 2.45) is 5.41 Å². The third kappa shape index (κ3) is 5.10. The Bertz CT molecular complexity index is 538. The maximum Gasteiger partial charge on any atom is 0.416 e. The minimum absolute atomic E-state index is 0.250. The van der Waals surface area contributed by atoms with Gasteiger partial charge in [-0.1, -0.05) is 32.9 Å². The van der Waals surface area contributed by atoms with Crippen LogP contribution in [-0.2, 0) is 21.8 Å². The molecule has 0 aliphatic rings. The van der Waals surface area contributed by atoms with Gasteiger partial charge in [0.25, 0.3) is 14.3 Å². The summed E-state index contributed by atoms with van der Waals surface area (Å²) >= 11 is 0. The standard InChI is InChI=1S/C18H27F3O2Si/c1-6-24(7-2,8-3)23-16(22)17(4,5)13-14-9-11-15(12-10-14)18(19,20)21/h9-12H,6-8,13H2,1-5H3. The highest BCUT2D eigenvalue weighted by atomic mass is 28.4. The van der Waals surface area contributed by atoms with Crippen molar-refractivity contribution in [3.8, 4) is 0 Å².